The first-order valence-corrected chi connectivity index (χ1v) is 6.56. The van der Waals surface area contributed by atoms with Gasteiger partial charge in [-0.25, -0.2) is 0 Å². The Kier molecular flexibility index (Phi) is 4.01. The molecule has 1 aromatic carbocycles. The molecule has 3 N–H and O–H groups in total. The Morgan fingerprint density at radius 3 is 2.75 bits per heavy atom. The molecule has 0 spiro atoms. The van der Waals surface area contributed by atoms with Crippen LogP contribution in [0.4, 0.5) is 5.69 Å². The SMILES string of the molecule is Cl.NC1(C(=O)NCCN2C(=O)Cc3ccccc32)CC1. The fourth-order valence-electron chi connectivity index (χ4n) is 2.38. The topological polar surface area (TPSA) is 75.4 Å². The highest BCUT2D eigenvalue weighted by Crippen LogP contribution is 2.32. The molecule has 1 saturated carbocycles. The van der Waals surface area contributed by atoms with Gasteiger partial charge in [0.15, 0.2) is 0 Å². The van der Waals surface area contributed by atoms with Crippen LogP contribution in [0.3, 0.4) is 0 Å². The van der Waals surface area contributed by atoms with Crippen LogP contribution in [-0.2, 0) is 16.0 Å². The van der Waals surface area contributed by atoms with E-state index in [-0.39, 0.29) is 24.2 Å². The second kappa shape index (κ2) is 5.42. The standard InChI is InChI=1S/C14H17N3O2.ClH/c15-14(5-6-14)13(19)16-7-8-17-11-4-2-1-3-10(11)9-12(17)18;/h1-4H,5-9,15H2,(H,16,19);1H. The molecule has 0 radical (unpaired) electrons. The van der Waals surface area contributed by atoms with Gasteiger partial charge in [-0.15, -0.1) is 12.4 Å². The molecule has 0 aromatic heterocycles. The number of benzene rings is 1. The first-order valence-electron chi connectivity index (χ1n) is 6.56. The lowest BCUT2D eigenvalue weighted by Gasteiger charge is -2.18. The van der Waals surface area contributed by atoms with Crippen LogP contribution in [0.15, 0.2) is 24.3 Å². The molecule has 108 valence electrons. The van der Waals surface area contributed by atoms with Crippen molar-refractivity contribution in [1.29, 1.82) is 0 Å². The summed E-state index contributed by atoms with van der Waals surface area (Å²) in [5.41, 5.74) is 7.16. The summed E-state index contributed by atoms with van der Waals surface area (Å²) in [5, 5.41) is 2.81. The molecule has 1 heterocycles. The number of carbonyl (C=O) groups excluding carboxylic acids is 2. The minimum Gasteiger partial charge on any atom is -0.353 e. The van der Waals surface area contributed by atoms with Gasteiger partial charge >= 0.3 is 0 Å². The van der Waals surface area contributed by atoms with Crippen molar-refractivity contribution in [3.63, 3.8) is 0 Å². The molecule has 1 aromatic rings. The molecule has 5 nitrogen and oxygen atoms in total. The maximum absolute atomic E-state index is 11.9. The van der Waals surface area contributed by atoms with Crippen molar-refractivity contribution in [1.82, 2.24) is 5.32 Å². The molecule has 6 heteroatoms. The van der Waals surface area contributed by atoms with Gasteiger partial charge in [0.1, 0.15) is 0 Å². The highest BCUT2D eigenvalue weighted by molar-refractivity contribution is 6.01. The lowest BCUT2D eigenvalue weighted by molar-refractivity contribution is -0.123. The number of carbonyl (C=O) groups is 2. The van der Waals surface area contributed by atoms with Gasteiger partial charge < -0.3 is 16.0 Å². The summed E-state index contributed by atoms with van der Waals surface area (Å²) in [6, 6.07) is 7.75. The smallest absolute Gasteiger partial charge is 0.240 e. The van der Waals surface area contributed by atoms with E-state index in [0.717, 1.165) is 24.1 Å². The fraction of sp³-hybridized carbons (Fsp3) is 0.429. The first kappa shape index (κ1) is 14.8. The molecule has 0 bridgehead atoms. The molecule has 0 unspecified atom stereocenters. The van der Waals surface area contributed by atoms with Gasteiger partial charge in [-0.3, -0.25) is 9.59 Å². The molecule has 0 atom stereocenters. The normalized spacial score (nSPS) is 18.2. The average Bonchev–Trinajstić information content (AvgIpc) is 3.07. The maximum atomic E-state index is 11.9. The molecule has 2 aliphatic rings. The molecule has 1 aliphatic heterocycles. The van der Waals surface area contributed by atoms with E-state index in [1.54, 1.807) is 4.90 Å². The van der Waals surface area contributed by atoms with Gasteiger partial charge in [-0.05, 0) is 24.5 Å². The Bertz CT molecular complexity index is 543. The largest absolute Gasteiger partial charge is 0.353 e. The number of hydrogen-bond donors (Lipinski definition) is 2. The highest BCUT2D eigenvalue weighted by atomic mass is 35.5. The van der Waals surface area contributed by atoms with Crippen molar-refractivity contribution < 1.29 is 9.59 Å². The number of hydrogen-bond acceptors (Lipinski definition) is 3. The zero-order valence-electron chi connectivity index (χ0n) is 11.1. The third-order valence-corrected chi connectivity index (χ3v) is 3.79. The number of amides is 2. The number of rotatable bonds is 4. The molecule has 2 amide bonds. The van der Waals surface area contributed by atoms with E-state index in [1.165, 1.54) is 0 Å². The number of nitrogens with one attached hydrogen (secondary N) is 1. The van der Waals surface area contributed by atoms with E-state index in [4.69, 9.17) is 5.73 Å². The van der Waals surface area contributed by atoms with Crippen LogP contribution >= 0.6 is 12.4 Å². The van der Waals surface area contributed by atoms with Crippen LogP contribution in [-0.4, -0.2) is 30.4 Å². The van der Waals surface area contributed by atoms with Crippen LogP contribution < -0.4 is 16.0 Å². The third kappa shape index (κ3) is 2.64. The van der Waals surface area contributed by atoms with Crippen LogP contribution in [0.25, 0.3) is 0 Å². The second-order valence-electron chi connectivity index (χ2n) is 5.26. The predicted octanol–water partition coefficient (Wildman–Crippen LogP) is 0.605. The van der Waals surface area contributed by atoms with Crippen molar-refractivity contribution in [2.75, 3.05) is 18.0 Å². The minimum atomic E-state index is -0.646. The van der Waals surface area contributed by atoms with Gasteiger partial charge in [0.2, 0.25) is 11.8 Å². The van der Waals surface area contributed by atoms with Gasteiger partial charge in [0, 0.05) is 18.8 Å². The van der Waals surface area contributed by atoms with Gasteiger partial charge in [0.25, 0.3) is 0 Å². The van der Waals surface area contributed by atoms with Crippen LogP contribution in [0.2, 0.25) is 0 Å². The number of nitrogens with zero attached hydrogens (tertiary/aromatic N) is 1. The van der Waals surface area contributed by atoms with E-state index >= 15 is 0 Å². The molecular weight excluding hydrogens is 278 g/mol. The minimum absolute atomic E-state index is 0. The summed E-state index contributed by atoms with van der Waals surface area (Å²) in [5.74, 6) is -0.0169. The lowest BCUT2D eigenvalue weighted by atomic mass is 10.2. The van der Waals surface area contributed by atoms with Crippen LogP contribution in [0, 0.1) is 0 Å². The Morgan fingerprint density at radius 2 is 2.05 bits per heavy atom. The van der Waals surface area contributed by atoms with E-state index in [0.29, 0.717) is 19.5 Å². The van der Waals surface area contributed by atoms with Gasteiger partial charge in [-0.1, -0.05) is 18.2 Å². The van der Waals surface area contributed by atoms with Crippen molar-refractivity contribution in [3.05, 3.63) is 29.8 Å². The summed E-state index contributed by atoms with van der Waals surface area (Å²) < 4.78 is 0. The average molecular weight is 296 g/mol. The molecule has 1 aliphatic carbocycles. The summed E-state index contributed by atoms with van der Waals surface area (Å²) in [6.07, 6.45) is 1.96. The number of fused-ring (bicyclic) bond motifs is 1. The van der Waals surface area contributed by atoms with Crippen molar-refractivity contribution in [2.24, 2.45) is 5.73 Å². The maximum Gasteiger partial charge on any atom is 0.240 e. The summed E-state index contributed by atoms with van der Waals surface area (Å²) in [7, 11) is 0. The molecule has 20 heavy (non-hydrogen) atoms. The lowest BCUT2D eigenvalue weighted by Crippen LogP contribution is -2.45. The van der Waals surface area contributed by atoms with Crippen molar-refractivity contribution in [2.45, 2.75) is 24.8 Å². The van der Waals surface area contributed by atoms with E-state index in [1.807, 2.05) is 24.3 Å². The van der Waals surface area contributed by atoms with Crippen LogP contribution in [0.5, 0.6) is 0 Å². The van der Waals surface area contributed by atoms with Crippen molar-refractivity contribution >= 4 is 29.9 Å². The third-order valence-electron chi connectivity index (χ3n) is 3.79. The second-order valence-corrected chi connectivity index (χ2v) is 5.26. The van der Waals surface area contributed by atoms with E-state index in [9.17, 15) is 9.59 Å². The van der Waals surface area contributed by atoms with E-state index < -0.39 is 5.54 Å². The summed E-state index contributed by atoms with van der Waals surface area (Å²) in [6.45, 7) is 0.940. The van der Waals surface area contributed by atoms with Crippen LogP contribution in [0.1, 0.15) is 18.4 Å². The Balaban J connectivity index is 0.00000147. The first-order chi connectivity index (χ1) is 9.10. The molecular formula is C14H18ClN3O2. The van der Waals surface area contributed by atoms with Crippen molar-refractivity contribution in [3.8, 4) is 0 Å². The summed E-state index contributed by atoms with van der Waals surface area (Å²) >= 11 is 0. The monoisotopic (exact) mass is 295 g/mol. The predicted molar refractivity (Wildman–Crippen MR) is 78.9 cm³/mol. The summed E-state index contributed by atoms with van der Waals surface area (Å²) in [4.78, 5) is 25.3. The Hall–Kier alpha value is -1.59. The molecule has 3 rings (SSSR count). The van der Waals surface area contributed by atoms with Gasteiger partial charge in [-0.2, -0.15) is 0 Å². The fourth-order valence-corrected chi connectivity index (χ4v) is 2.38. The zero-order chi connectivity index (χ0) is 13.5. The number of halogens is 1. The molecule has 0 saturated heterocycles. The van der Waals surface area contributed by atoms with Gasteiger partial charge in [0.05, 0.1) is 12.0 Å². The Morgan fingerprint density at radius 1 is 1.35 bits per heavy atom. The molecule has 1 fully saturated rings. The number of para-hydroxylation sites is 1. The highest BCUT2D eigenvalue weighted by Gasteiger charge is 2.45. The zero-order valence-corrected chi connectivity index (χ0v) is 11.9. The quantitative estimate of drug-likeness (QED) is 0.854. The Labute approximate surface area is 123 Å². The number of anilines is 1. The number of nitrogens with two attached hydrogens (primary N) is 1. The van der Waals surface area contributed by atoms with E-state index in [2.05, 4.69) is 5.32 Å².